The predicted molar refractivity (Wildman–Crippen MR) is 107 cm³/mol. The number of amides is 1. The number of ketones is 1. The van der Waals surface area contributed by atoms with Crippen LogP contribution < -0.4 is 5.32 Å². The van der Waals surface area contributed by atoms with Crippen molar-refractivity contribution in [2.45, 2.75) is 64.0 Å². The highest BCUT2D eigenvalue weighted by molar-refractivity contribution is 7.91. The van der Waals surface area contributed by atoms with Crippen molar-refractivity contribution in [1.29, 1.82) is 0 Å². The van der Waals surface area contributed by atoms with Crippen LogP contribution in [-0.2, 0) is 37.0 Å². The molecule has 1 aromatic carbocycles. The number of carbonyl (C=O) groups excluding carboxylic acids is 3. The third-order valence-electron chi connectivity index (χ3n) is 5.48. The molecule has 2 aliphatic rings. The maximum Gasteiger partial charge on any atom is 0.307 e. The molecule has 2 atom stereocenters. The Balaban J connectivity index is 1.44. The molecule has 1 heterocycles. The minimum Gasteiger partial charge on any atom is -0.453 e. The lowest BCUT2D eigenvalue weighted by Gasteiger charge is -2.17. The number of rotatable bonds is 7. The van der Waals surface area contributed by atoms with Gasteiger partial charge in [0, 0.05) is 18.0 Å². The number of sulfone groups is 1. The van der Waals surface area contributed by atoms with Gasteiger partial charge in [-0.15, -0.1) is 0 Å². The van der Waals surface area contributed by atoms with E-state index in [9.17, 15) is 22.8 Å². The molecule has 158 valence electrons. The Labute approximate surface area is 171 Å². The number of hydrogen-bond donors (Lipinski definition) is 1. The van der Waals surface area contributed by atoms with Crippen LogP contribution in [0.1, 0.15) is 60.5 Å². The fourth-order valence-corrected chi connectivity index (χ4v) is 5.48. The van der Waals surface area contributed by atoms with Crippen LogP contribution in [0.4, 0.5) is 0 Å². The Kier molecular flexibility index (Phi) is 6.72. The number of fused-ring (bicyclic) bond motifs is 1. The zero-order chi connectivity index (χ0) is 21.0. The van der Waals surface area contributed by atoms with Gasteiger partial charge >= 0.3 is 5.97 Å². The zero-order valence-electron chi connectivity index (χ0n) is 16.6. The van der Waals surface area contributed by atoms with Crippen LogP contribution in [0.25, 0.3) is 0 Å². The Morgan fingerprint density at radius 1 is 1.14 bits per heavy atom. The van der Waals surface area contributed by atoms with Crippen LogP contribution in [0.5, 0.6) is 0 Å². The lowest BCUT2D eigenvalue weighted by Crippen LogP contribution is -2.42. The van der Waals surface area contributed by atoms with E-state index in [0.29, 0.717) is 12.0 Å². The molecule has 1 aliphatic carbocycles. The third kappa shape index (κ3) is 5.88. The topological polar surface area (TPSA) is 107 Å². The molecule has 0 saturated carbocycles. The smallest absolute Gasteiger partial charge is 0.307 e. The molecule has 1 amide bonds. The highest BCUT2D eigenvalue weighted by Crippen LogP contribution is 2.23. The van der Waals surface area contributed by atoms with Gasteiger partial charge in [0.1, 0.15) is 0 Å². The van der Waals surface area contributed by atoms with Gasteiger partial charge in [-0.1, -0.05) is 12.1 Å². The van der Waals surface area contributed by atoms with Crippen LogP contribution in [0, 0.1) is 0 Å². The molecule has 0 spiro atoms. The number of ether oxygens (including phenoxy) is 1. The molecule has 3 rings (SSSR count). The van der Waals surface area contributed by atoms with Crippen molar-refractivity contribution < 1.29 is 27.5 Å². The summed E-state index contributed by atoms with van der Waals surface area (Å²) in [5.41, 5.74) is 3.11. The second-order valence-corrected chi connectivity index (χ2v) is 10.1. The number of hydrogen-bond acceptors (Lipinski definition) is 6. The summed E-state index contributed by atoms with van der Waals surface area (Å²) in [6.07, 6.45) is 3.57. The lowest BCUT2D eigenvalue weighted by atomic mass is 9.89. The van der Waals surface area contributed by atoms with E-state index in [4.69, 9.17) is 4.74 Å². The van der Waals surface area contributed by atoms with Gasteiger partial charge in [0.25, 0.3) is 5.91 Å². The zero-order valence-corrected chi connectivity index (χ0v) is 17.4. The molecule has 0 aromatic heterocycles. The summed E-state index contributed by atoms with van der Waals surface area (Å²) in [5, 5.41) is 2.60. The summed E-state index contributed by atoms with van der Waals surface area (Å²) < 4.78 is 28.0. The maximum atomic E-state index is 12.4. The van der Waals surface area contributed by atoms with Gasteiger partial charge in [0.2, 0.25) is 0 Å². The van der Waals surface area contributed by atoms with E-state index in [1.54, 1.807) is 0 Å². The number of Topliss-reactive ketones (excluding diaryl/α,β-unsaturated/α-hetero) is 1. The van der Waals surface area contributed by atoms with Crippen molar-refractivity contribution in [3.8, 4) is 0 Å². The molecular weight excluding hydrogens is 394 g/mol. The monoisotopic (exact) mass is 421 g/mol. The second-order valence-electron chi connectivity index (χ2n) is 7.85. The fourth-order valence-electron chi connectivity index (χ4n) is 3.80. The van der Waals surface area contributed by atoms with Gasteiger partial charge in [-0.3, -0.25) is 14.4 Å². The number of aryl methyl sites for hydroxylation is 2. The Morgan fingerprint density at radius 2 is 1.86 bits per heavy atom. The first kappa shape index (κ1) is 21.5. The van der Waals surface area contributed by atoms with Crippen molar-refractivity contribution in [3.05, 3.63) is 34.9 Å². The Bertz CT molecular complexity index is 908. The largest absolute Gasteiger partial charge is 0.453 e. The molecular formula is C21H27NO6S. The predicted octanol–water partition coefficient (Wildman–Crippen LogP) is 1.76. The van der Waals surface area contributed by atoms with Crippen LogP contribution in [0.2, 0.25) is 0 Å². The van der Waals surface area contributed by atoms with Gasteiger partial charge in [-0.25, -0.2) is 8.42 Å². The first-order chi connectivity index (χ1) is 13.7. The van der Waals surface area contributed by atoms with Crippen molar-refractivity contribution in [1.82, 2.24) is 5.32 Å². The van der Waals surface area contributed by atoms with Crippen LogP contribution >= 0.6 is 0 Å². The molecule has 0 radical (unpaired) electrons. The first-order valence-electron chi connectivity index (χ1n) is 10.1. The van der Waals surface area contributed by atoms with Gasteiger partial charge in [-0.2, -0.15) is 0 Å². The summed E-state index contributed by atoms with van der Waals surface area (Å²) in [7, 11) is -3.10. The number of esters is 1. The number of benzene rings is 1. The molecule has 1 aromatic rings. The van der Waals surface area contributed by atoms with Crippen molar-refractivity contribution >= 4 is 27.5 Å². The molecule has 1 fully saturated rings. The molecule has 29 heavy (non-hydrogen) atoms. The third-order valence-corrected chi connectivity index (χ3v) is 7.25. The van der Waals surface area contributed by atoms with Crippen LogP contribution in [-0.4, -0.2) is 49.7 Å². The van der Waals surface area contributed by atoms with Crippen molar-refractivity contribution in [2.75, 3.05) is 11.5 Å². The molecule has 0 unspecified atom stereocenters. The first-order valence-corrected chi connectivity index (χ1v) is 11.9. The van der Waals surface area contributed by atoms with E-state index in [2.05, 4.69) is 5.32 Å². The summed E-state index contributed by atoms with van der Waals surface area (Å²) in [6, 6.07) is 5.28. The fraction of sp³-hybridized carbons (Fsp3) is 0.571. The minimum absolute atomic E-state index is 0.0207. The summed E-state index contributed by atoms with van der Waals surface area (Å²) >= 11 is 0. The van der Waals surface area contributed by atoms with Crippen molar-refractivity contribution in [2.24, 2.45) is 0 Å². The molecule has 0 bridgehead atoms. The van der Waals surface area contributed by atoms with Gasteiger partial charge in [0.05, 0.1) is 17.9 Å². The highest BCUT2D eigenvalue weighted by Gasteiger charge is 2.30. The van der Waals surface area contributed by atoms with E-state index in [1.165, 1.54) is 24.5 Å². The molecule has 1 N–H and O–H groups in total. The van der Waals surface area contributed by atoms with E-state index in [0.717, 1.165) is 19.3 Å². The van der Waals surface area contributed by atoms with Crippen LogP contribution in [0.15, 0.2) is 18.2 Å². The van der Waals surface area contributed by atoms with E-state index >= 15 is 0 Å². The van der Waals surface area contributed by atoms with Gasteiger partial charge in [0.15, 0.2) is 21.7 Å². The standard InChI is InChI=1S/C21H27NO6S/c1-14(21(25)22-18-10-11-29(26,27)13-18)28-20(24)9-8-19(23)17-7-6-15-4-2-3-5-16(15)12-17/h6-7,12,14,18H,2-5,8-11,13H2,1H3,(H,22,25)/t14-,18+/m0/s1. The van der Waals surface area contributed by atoms with Gasteiger partial charge in [-0.05, 0) is 56.2 Å². The summed E-state index contributed by atoms with van der Waals surface area (Å²) in [4.78, 5) is 36.5. The molecule has 1 saturated heterocycles. The highest BCUT2D eigenvalue weighted by atomic mass is 32.2. The molecule has 1 aliphatic heterocycles. The normalized spacial score (nSPS) is 21.1. The molecule has 7 nitrogen and oxygen atoms in total. The van der Waals surface area contributed by atoms with E-state index < -0.39 is 33.9 Å². The summed E-state index contributed by atoms with van der Waals surface area (Å²) in [5.74, 6) is -1.31. The minimum atomic E-state index is -3.10. The van der Waals surface area contributed by atoms with Crippen LogP contribution in [0.3, 0.4) is 0 Å². The average Bonchev–Trinajstić information content (AvgIpc) is 3.03. The number of nitrogens with one attached hydrogen (secondary N) is 1. The lowest BCUT2D eigenvalue weighted by molar-refractivity contribution is -0.154. The SMILES string of the molecule is C[C@H](OC(=O)CCC(=O)c1ccc2c(c1)CCCC2)C(=O)N[C@@H]1CCS(=O)(=O)C1. The Hall–Kier alpha value is -2.22. The van der Waals surface area contributed by atoms with Crippen molar-refractivity contribution in [3.63, 3.8) is 0 Å². The Morgan fingerprint density at radius 3 is 2.55 bits per heavy atom. The quantitative estimate of drug-likeness (QED) is 0.531. The van der Waals surface area contributed by atoms with E-state index in [1.807, 2.05) is 18.2 Å². The average molecular weight is 422 g/mol. The molecule has 8 heteroatoms. The second kappa shape index (κ2) is 9.07. The number of carbonyl (C=O) groups is 3. The maximum absolute atomic E-state index is 12.4. The summed E-state index contributed by atoms with van der Waals surface area (Å²) in [6.45, 7) is 1.43. The van der Waals surface area contributed by atoms with E-state index in [-0.39, 0.29) is 30.1 Å². The van der Waals surface area contributed by atoms with Gasteiger partial charge < -0.3 is 10.1 Å².